The van der Waals surface area contributed by atoms with Crippen molar-refractivity contribution in [2.24, 2.45) is 0 Å². The standard InChI is InChI=1S/C18H22/c1-6-8-17(7-2)15(4)10-12-18-11-9-14(3)13-16(18)5/h7-13H,2,4,6H2,1,3,5H3/b12-10-,17-8+. The van der Waals surface area contributed by atoms with Crippen molar-refractivity contribution >= 4 is 6.08 Å². The van der Waals surface area contributed by atoms with Crippen LogP contribution in [0.3, 0.4) is 0 Å². The van der Waals surface area contributed by atoms with E-state index in [1.54, 1.807) is 0 Å². The number of hydrogen-bond acceptors (Lipinski definition) is 0. The fourth-order valence-electron chi connectivity index (χ4n) is 1.86. The van der Waals surface area contributed by atoms with Crippen LogP contribution in [0.4, 0.5) is 0 Å². The number of hydrogen-bond donors (Lipinski definition) is 0. The molecule has 0 bridgehead atoms. The normalized spacial score (nSPS) is 11.8. The van der Waals surface area contributed by atoms with E-state index in [4.69, 9.17) is 0 Å². The molecule has 0 unspecified atom stereocenters. The van der Waals surface area contributed by atoms with Crippen molar-refractivity contribution < 1.29 is 0 Å². The Balaban J connectivity index is 2.90. The summed E-state index contributed by atoms with van der Waals surface area (Å²) in [5.41, 5.74) is 5.94. The average Bonchev–Trinajstić information content (AvgIpc) is 2.34. The topological polar surface area (TPSA) is 0 Å². The van der Waals surface area contributed by atoms with E-state index >= 15 is 0 Å². The predicted molar refractivity (Wildman–Crippen MR) is 82.7 cm³/mol. The highest BCUT2D eigenvalue weighted by Crippen LogP contribution is 2.16. The molecule has 0 saturated heterocycles. The van der Waals surface area contributed by atoms with Gasteiger partial charge in [0.05, 0.1) is 0 Å². The fraction of sp³-hybridized carbons (Fsp3) is 0.222. The Morgan fingerprint density at radius 1 is 1.28 bits per heavy atom. The van der Waals surface area contributed by atoms with Gasteiger partial charge < -0.3 is 0 Å². The van der Waals surface area contributed by atoms with Crippen molar-refractivity contribution in [3.05, 3.63) is 77.4 Å². The van der Waals surface area contributed by atoms with E-state index in [1.807, 2.05) is 6.08 Å². The first-order valence-corrected chi connectivity index (χ1v) is 6.35. The molecule has 0 amide bonds. The van der Waals surface area contributed by atoms with Crippen molar-refractivity contribution in [2.45, 2.75) is 27.2 Å². The molecule has 0 atom stereocenters. The summed E-state index contributed by atoms with van der Waals surface area (Å²) in [4.78, 5) is 0. The molecule has 1 aromatic rings. The van der Waals surface area contributed by atoms with Gasteiger partial charge in [-0.3, -0.25) is 0 Å². The summed E-state index contributed by atoms with van der Waals surface area (Å²) in [7, 11) is 0. The van der Waals surface area contributed by atoms with Crippen molar-refractivity contribution in [1.82, 2.24) is 0 Å². The second-order valence-corrected chi connectivity index (χ2v) is 4.49. The molecule has 0 fully saturated rings. The molecule has 0 radical (unpaired) electrons. The Bertz CT molecular complexity index is 499. The highest BCUT2D eigenvalue weighted by Gasteiger charge is 1.96. The minimum Gasteiger partial charge on any atom is -0.0985 e. The quantitative estimate of drug-likeness (QED) is 0.603. The number of allylic oxidation sites excluding steroid dienone is 5. The fourth-order valence-corrected chi connectivity index (χ4v) is 1.86. The van der Waals surface area contributed by atoms with Crippen LogP contribution in [0, 0.1) is 13.8 Å². The van der Waals surface area contributed by atoms with Gasteiger partial charge in [0.25, 0.3) is 0 Å². The van der Waals surface area contributed by atoms with Crippen molar-refractivity contribution in [1.29, 1.82) is 0 Å². The highest BCUT2D eigenvalue weighted by molar-refractivity contribution is 5.60. The zero-order valence-corrected chi connectivity index (χ0v) is 11.7. The SMILES string of the molecule is C=C/C(=C\CC)C(=C)/C=C\c1ccc(C)cc1C. The molecule has 0 spiro atoms. The van der Waals surface area contributed by atoms with E-state index in [9.17, 15) is 0 Å². The summed E-state index contributed by atoms with van der Waals surface area (Å²) in [6.07, 6.45) is 9.17. The van der Waals surface area contributed by atoms with E-state index in [-0.39, 0.29) is 0 Å². The minimum atomic E-state index is 0.998. The van der Waals surface area contributed by atoms with Gasteiger partial charge in [0, 0.05) is 0 Å². The van der Waals surface area contributed by atoms with Gasteiger partial charge >= 0.3 is 0 Å². The van der Waals surface area contributed by atoms with Gasteiger partial charge in [0.2, 0.25) is 0 Å². The third-order valence-corrected chi connectivity index (χ3v) is 2.90. The molecule has 0 aromatic heterocycles. The second-order valence-electron chi connectivity index (χ2n) is 4.49. The first-order valence-electron chi connectivity index (χ1n) is 6.35. The van der Waals surface area contributed by atoms with Crippen LogP contribution in [0.5, 0.6) is 0 Å². The van der Waals surface area contributed by atoms with Gasteiger partial charge in [-0.2, -0.15) is 0 Å². The lowest BCUT2D eigenvalue weighted by atomic mass is 10.0. The Labute approximate surface area is 111 Å². The molecule has 0 aliphatic carbocycles. The third-order valence-electron chi connectivity index (χ3n) is 2.90. The van der Waals surface area contributed by atoms with Crippen LogP contribution in [-0.2, 0) is 0 Å². The van der Waals surface area contributed by atoms with Crippen LogP contribution in [0.1, 0.15) is 30.0 Å². The van der Waals surface area contributed by atoms with E-state index in [0.717, 1.165) is 17.6 Å². The summed E-state index contributed by atoms with van der Waals surface area (Å²) in [6.45, 7) is 14.3. The smallest absolute Gasteiger partial charge is 0.0227 e. The molecular formula is C18H22. The molecule has 0 aliphatic rings. The summed E-state index contributed by atoms with van der Waals surface area (Å²) < 4.78 is 0. The van der Waals surface area contributed by atoms with Gasteiger partial charge in [-0.15, -0.1) is 0 Å². The van der Waals surface area contributed by atoms with Gasteiger partial charge in [0.15, 0.2) is 0 Å². The summed E-state index contributed by atoms with van der Waals surface area (Å²) in [5.74, 6) is 0. The molecule has 0 heteroatoms. The van der Waals surface area contributed by atoms with Crippen LogP contribution >= 0.6 is 0 Å². The van der Waals surface area contributed by atoms with Gasteiger partial charge in [0.1, 0.15) is 0 Å². The molecule has 0 saturated carbocycles. The van der Waals surface area contributed by atoms with E-state index < -0.39 is 0 Å². The van der Waals surface area contributed by atoms with E-state index in [1.165, 1.54) is 16.7 Å². The van der Waals surface area contributed by atoms with Crippen LogP contribution in [0.2, 0.25) is 0 Å². The molecule has 18 heavy (non-hydrogen) atoms. The van der Waals surface area contributed by atoms with E-state index in [0.29, 0.717) is 0 Å². The van der Waals surface area contributed by atoms with Crippen LogP contribution in [0.15, 0.2) is 60.7 Å². The number of benzene rings is 1. The lowest BCUT2D eigenvalue weighted by Gasteiger charge is -2.03. The molecule has 0 N–H and O–H groups in total. The molecule has 0 heterocycles. The second kappa shape index (κ2) is 6.80. The Morgan fingerprint density at radius 3 is 2.56 bits per heavy atom. The average molecular weight is 238 g/mol. The van der Waals surface area contributed by atoms with Crippen molar-refractivity contribution in [3.8, 4) is 0 Å². The van der Waals surface area contributed by atoms with E-state index in [2.05, 4.69) is 70.4 Å². The molecule has 94 valence electrons. The highest BCUT2D eigenvalue weighted by atomic mass is 14.0. The molecule has 0 nitrogen and oxygen atoms in total. The first kappa shape index (κ1) is 14.2. The maximum Gasteiger partial charge on any atom is -0.0227 e. The largest absolute Gasteiger partial charge is 0.0985 e. The van der Waals surface area contributed by atoms with Gasteiger partial charge in [-0.05, 0) is 42.5 Å². The molecule has 1 rings (SSSR count). The Kier molecular flexibility index (Phi) is 5.38. The minimum absolute atomic E-state index is 0.998. The van der Waals surface area contributed by atoms with Crippen LogP contribution in [-0.4, -0.2) is 0 Å². The summed E-state index contributed by atoms with van der Waals surface area (Å²) in [5, 5.41) is 0. The molecular weight excluding hydrogens is 216 g/mol. The zero-order valence-electron chi connectivity index (χ0n) is 11.7. The third kappa shape index (κ3) is 3.89. The van der Waals surface area contributed by atoms with Crippen LogP contribution in [0.25, 0.3) is 6.08 Å². The first-order chi connectivity index (χ1) is 8.58. The summed E-state index contributed by atoms with van der Waals surface area (Å²) >= 11 is 0. The lowest BCUT2D eigenvalue weighted by molar-refractivity contribution is 1.21. The van der Waals surface area contributed by atoms with Gasteiger partial charge in [-0.25, -0.2) is 0 Å². The number of rotatable bonds is 5. The molecule has 1 aromatic carbocycles. The van der Waals surface area contributed by atoms with Crippen LogP contribution < -0.4 is 0 Å². The van der Waals surface area contributed by atoms with Crippen molar-refractivity contribution in [3.63, 3.8) is 0 Å². The monoisotopic (exact) mass is 238 g/mol. The Morgan fingerprint density at radius 2 is 2.00 bits per heavy atom. The maximum absolute atomic E-state index is 4.08. The Hall–Kier alpha value is -1.82. The lowest BCUT2D eigenvalue weighted by Crippen LogP contribution is -1.84. The predicted octanol–water partition coefficient (Wildman–Crippen LogP) is 5.40. The van der Waals surface area contributed by atoms with Gasteiger partial charge in [-0.1, -0.05) is 68.1 Å². The van der Waals surface area contributed by atoms with Crippen molar-refractivity contribution in [2.75, 3.05) is 0 Å². The molecule has 0 aliphatic heterocycles. The zero-order chi connectivity index (χ0) is 13.5. The number of aryl methyl sites for hydroxylation is 2. The maximum atomic E-state index is 4.08. The summed E-state index contributed by atoms with van der Waals surface area (Å²) in [6, 6.07) is 6.47.